The molecular weight excluding hydrogens is 396 g/mol. The van der Waals surface area contributed by atoms with Gasteiger partial charge in [0.1, 0.15) is 17.5 Å². The van der Waals surface area contributed by atoms with E-state index in [9.17, 15) is 13.6 Å². The molecule has 0 unspecified atom stereocenters. The first-order chi connectivity index (χ1) is 14.7. The number of benzene rings is 2. The van der Waals surface area contributed by atoms with Crippen molar-refractivity contribution in [2.24, 2.45) is 5.41 Å². The van der Waals surface area contributed by atoms with Gasteiger partial charge in [-0.05, 0) is 23.8 Å². The maximum Gasteiger partial charge on any atom is 0.220 e. The summed E-state index contributed by atoms with van der Waals surface area (Å²) < 4.78 is 30.2. The molecule has 0 saturated heterocycles. The molecule has 0 radical (unpaired) electrons. The Labute approximate surface area is 181 Å². The molecule has 31 heavy (non-hydrogen) atoms. The minimum Gasteiger partial charge on any atom is -0.345 e. The summed E-state index contributed by atoms with van der Waals surface area (Å²) in [5.41, 5.74) is 0.857. The van der Waals surface area contributed by atoms with Crippen molar-refractivity contribution >= 4 is 5.91 Å². The molecule has 3 rings (SSSR count). The predicted molar refractivity (Wildman–Crippen MR) is 118 cm³/mol. The van der Waals surface area contributed by atoms with Crippen LogP contribution in [-0.4, -0.2) is 15.5 Å². The van der Waals surface area contributed by atoms with Crippen LogP contribution < -0.4 is 5.32 Å². The summed E-state index contributed by atoms with van der Waals surface area (Å²) in [5, 5.41) is 3.03. The van der Waals surface area contributed by atoms with E-state index in [1.807, 2.05) is 48.7 Å². The fourth-order valence-corrected chi connectivity index (χ4v) is 3.36. The van der Waals surface area contributed by atoms with Crippen LogP contribution in [0, 0.1) is 17.0 Å². The largest absolute Gasteiger partial charge is 0.345 e. The second-order valence-electron chi connectivity index (χ2n) is 8.10. The summed E-state index contributed by atoms with van der Waals surface area (Å²) in [5.74, 6) is -0.686. The van der Waals surface area contributed by atoms with Crippen LogP contribution in [0.4, 0.5) is 8.78 Å². The zero-order valence-corrected chi connectivity index (χ0v) is 18.0. The normalized spacial score (nSPS) is 12.4. The summed E-state index contributed by atoms with van der Waals surface area (Å²) in [4.78, 5) is 17.0. The number of carbonyl (C=O) groups excluding carboxylic acids is 1. The van der Waals surface area contributed by atoms with Gasteiger partial charge in [0.05, 0.1) is 11.7 Å². The van der Waals surface area contributed by atoms with E-state index in [2.05, 4.69) is 16.9 Å². The van der Waals surface area contributed by atoms with Crippen molar-refractivity contribution in [2.45, 2.75) is 39.8 Å². The van der Waals surface area contributed by atoms with Crippen LogP contribution in [0.5, 0.6) is 0 Å². The van der Waals surface area contributed by atoms with E-state index >= 15 is 0 Å². The first-order valence-electron chi connectivity index (χ1n) is 10.2. The number of nitrogens with zero attached hydrogens (tertiary/aromatic N) is 2. The summed E-state index contributed by atoms with van der Waals surface area (Å²) in [6.45, 7) is 10.1. The molecule has 1 aromatic heterocycles. The molecule has 1 atom stereocenters. The number of aromatic nitrogens is 2. The molecule has 6 heteroatoms. The standard InChI is InChI=1S/C25H27F2N3O/c1-5-22(31)29-23(25(3,4)6-2)24-28-21(19-14-18(26)12-13-20(19)27)16-30(24)15-17-10-8-7-9-11-17/h6-14,16,23H,2,5,15H2,1,3-4H3,(H,29,31)/t23-/m0/s1. The van der Waals surface area contributed by atoms with Crippen LogP contribution >= 0.6 is 0 Å². The van der Waals surface area contributed by atoms with Gasteiger partial charge in [-0.3, -0.25) is 4.79 Å². The molecule has 0 spiro atoms. The Morgan fingerprint density at radius 2 is 1.94 bits per heavy atom. The lowest BCUT2D eigenvalue weighted by molar-refractivity contribution is -0.122. The highest BCUT2D eigenvalue weighted by Gasteiger charge is 2.33. The van der Waals surface area contributed by atoms with Crippen molar-refractivity contribution in [1.82, 2.24) is 14.9 Å². The Morgan fingerprint density at radius 3 is 2.58 bits per heavy atom. The van der Waals surface area contributed by atoms with Crippen molar-refractivity contribution in [3.63, 3.8) is 0 Å². The third-order valence-electron chi connectivity index (χ3n) is 5.36. The van der Waals surface area contributed by atoms with Crippen LogP contribution in [0.25, 0.3) is 11.3 Å². The maximum atomic E-state index is 14.5. The molecule has 2 aromatic carbocycles. The molecule has 0 aliphatic carbocycles. The van der Waals surface area contributed by atoms with Gasteiger partial charge in [-0.15, -0.1) is 6.58 Å². The van der Waals surface area contributed by atoms with Gasteiger partial charge in [0.2, 0.25) is 5.91 Å². The van der Waals surface area contributed by atoms with E-state index in [0.29, 0.717) is 24.5 Å². The van der Waals surface area contributed by atoms with E-state index in [1.54, 1.807) is 19.2 Å². The third kappa shape index (κ3) is 5.08. The van der Waals surface area contributed by atoms with Crippen LogP contribution in [0.2, 0.25) is 0 Å². The molecule has 1 N–H and O–H groups in total. The quantitative estimate of drug-likeness (QED) is 0.476. The van der Waals surface area contributed by atoms with Crippen LogP contribution in [-0.2, 0) is 11.3 Å². The Kier molecular flexibility index (Phi) is 6.68. The van der Waals surface area contributed by atoms with Gasteiger partial charge in [0.15, 0.2) is 0 Å². The zero-order valence-electron chi connectivity index (χ0n) is 18.0. The predicted octanol–water partition coefficient (Wildman–Crippen LogP) is 5.66. The van der Waals surface area contributed by atoms with Gasteiger partial charge in [-0.25, -0.2) is 13.8 Å². The molecule has 0 aliphatic rings. The highest BCUT2D eigenvalue weighted by Crippen LogP contribution is 2.36. The molecule has 0 fully saturated rings. The first-order valence-corrected chi connectivity index (χ1v) is 10.2. The highest BCUT2D eigenvalue weighted by atomic mass is 19.1. The van der Waals surface area contributed by atoms with Crippen LogP contribution in [0.15, 0.2) is 67.4 Å². The number of carbonyl (C=O) groups is 1. The molecule has 0 bridgehead atoms. The topological polar surface area (TPSA) is 46.9 Å². The highest BCUT2D eigenvalue weighted by molar-refractivity contribution is 5.76. The molecule has 4 nitrogen and oxygen atoms in total. The van der Waals surface area contributed by atoms with Crippen LogP contribution in [0.3, 0.4) is 0 Å². The Morgan fingerprint density at radius 1 is 1.23 bits per heavy atom. The maximum absolute atomic E-state index is 14.5. The molecular formula is C25H27F2N3O. The van der Waals surface area contributed by atoms with Gasteiger partial charge < -0.3 is 9.88 Å². The number of imidazole rings is 1. The van der Waals surface area contributed by atoms with Crippen molar-refractivity contribution in [3.05, 3.63) is 90.4 Å². The minimum absolute atomic E-state index is 0.0741. The Bertz CT molecular complexity index is 1070. The average molecular weight is 424 g/mol. The van der Waals surface area contributed by atoms with Gasteiger partial charge in [-0.1, -0.05) is 57.2 Å². The first kappa shape index (κ1) is 22.4. The van der Waals surface area contributed by atoms with Gasteiger partial charge in [-0.2, -0.15) is 0 Å². The van der Waals surface area contributed by atoms with Crippen molar-refractivity contribution in [3.8, 4) is 11.3 Å². The molecule has 3 aromatic rings. The molecule has 0 aliphatic heterocycles. The van der Waals surface area contributed by atoms with E-state index in [-0.39, 0.29) is 11.5 Å². The van der Waals surface area contributed by atoms with Gasteiger partial charge >= 0.3 is 0 Å². The summed E-state index contributed by atoms with van der Waals surface area (Å²) in [7, 11) is 0. The monoisotopic (exact) mass is 423 g/mol. The van der Waals surface area contributed by atoms with E-state index in [1.165, 1.54) is 0 Å². The fourth-order valence-electron chi connectivity index (χ4n) is 3.36. The summed E-state index contributed by atoms with van der Waals surface area (Å²) >= 11 is 0. The Balaban J connectivity index is 2.17. The van der Waals surface area contributed by atoms with Crippen molar-refractivity contribution in [1.29, 1.82) is 0 Å². The Hall–Kier alpha value is -3.28. The van der Waals surface area contributed by atoms with Crippen molar-refractivity contribution in [2.75, 3.05) is 0 Å². The molecule has 162 valence electrons. The number of halogens is 2. The average Bonchev–Trinajstić information content (AvgIpc) is 3.17. The van der Waals surface area contributed by atoms with E-state index in [4.69, 9.17) is 0 Å². The number of hydrogen-bond acceptors (Lipinski definition) is 2. The lowest BCUT2D eigenvalue weighted by Gasteiger charge is -2.32. The van der Waals surface area contributed by atoms with Gasteiger partial charge in [0.25, 0.3) is 0 Å². The minimum atomic E-state index is -0.561. The zero-order chi connectivity index (χ0) is 22.6. The molecule has 0 saturated carbocycles. The van der Waals surface area contributed by atoms with Gasteiger partial charge in [0, 0.05) is 30.1 Å². The lowest BCUT2D eigenvalue weighted by atomic mass is 9.83. The lowest BCUT2D eigenvalue weighted by Crippen LogP contribution is -2.38. The van der Waals surface area contributed by atoms with Crippen molar-refractivity contribution < 1.29 is 13.6 Å². The van der Waals surface area contributed by atoms with E-state index < -0.39 is 23.1 Å². The van der Waals surface area contributed by atoms with E-state index in [0.717, 1.165) is 23.8 Å². The second-order valence-corrected chi connectivity index (χ2v) is 8.10. The smallest absolute Gasteiger partial charge is 0.220 e. The molecule has 1 amide bonds. The third-order valence-corrected chi connectivity index (χ3v) is 5.36. The number of rotatable bonds is 8. The summed E-state index contributed by atoms with van der Waals surface area (Å²) in [6.07, 6.45) is 3.77. The SMILES string of the molecule is C=CC(C)(C)[C@@H](NC(=O)CC)c1nc(-c2cc(F)ccc2F)cn1Cc1ccccc1. The second kappa shape index (κ2) is 9.25. The number of hydrogen-bond donors (Lipinski definition) is 1. The fraction of sp³-hybridized carbons (Fsp3) is 0.280. The molecule has 1 heterocycles. The number of amides is 1. The van der Waals surface area contributed by atoms with Crippen LogP contribution in [0.1, 0.15) is 44.6 Å². The number of nitrogens with one attached hydrogen (secondary N) is 1. The summed E-state index contributed by atoms with van der Waals surface area (Å²) in [6, 6.07) is 12.5.